The third kappa shape index (κ3) is 3.91. The summed E-state index contributed by atoms with van der Waals surface area (Å²) in [5, 5.41) is 8.86. The molecule has 5 heteroatoms. The topological polar surface area (TPSA) is 46.2 Å². The lowest BCUT2D eigenvalue weighted by Gasteiger charge is -2.04. The van der Waals surface area contributed by atoms with Gasteiger partial charge in [-0.15, -0.1) is 12.4 Å². The minimum absolute atomic E-state index is 0. The predicted molar refractivity (Wildman–Crippen MR) is 52.6 cm³/mol. The van der Waals surface area contributed by atoms with Crippen molar-refractivity contribution in [2.75, 3.05) is 0 Å². The highest BCUT2D eigenvalue weighted by molar-refractivity contribution is 6.30. The van der Waals surface area contributed by atoms with Crippen molar-refractivity contribution in [1.29, 1.82) is 0 Å². The first kappa shape index (κ1) is 12.7. The quantitative estimate of drug-likeness (QED) is 0.754. The van der Waals surface area contributed by atoms with E-state index in [1.54, 1.807) is 6.07 Å². The summed E-state index contributed by atoms with van der Waals surface area (Å²) in [6, 6.07) is 4.33. The van der Waals surface area contributed by atoms with Crippen molar-refractivity contribution in [2.24, 2.45) is 5.73 Å². The molecule has 1 rings (SSSR count). The normalized spacial score (nSPS) is 12.0. The van der Waals surface area contributed by atoms with Gasteiger partial charge in [-0.3, -0.25) is 0 Å². The molecule has 0 bridgehead atoms. The van der Waals surface area contributed by atoms with Crippen LogP contribution in [-0.2, 0) is 6.42 Å². The van der Waals surface area contributed by atoms with Crippen LogP contribution in [0, 0.1) is 5.82 Å². The number of halogens is 3. The summed E-state index contributed by atoms with van der Waals surface area (Å²) in [7, 11) is 0. The van der Waals surface area contributed by atoms with E-state index in [1.807, 2.05) is 0 Å². The number of benzene rings is 1. The van der Waals surface area contributed by atoms with Crippen LogP contribution in [0.2, 0.25) is 5.02 Å². The number of hydrogen-bond donors (Lipinski definition) is 2. The Labute approximate surface area is 86.9 Å². The van der Waals surface area contributed by atoms with Crippen LogP contribution in [0.4, 0.5) is 4.39 Å². The SMILES string of the molecule is Cl.NC(O)Cc1ccc(Cl)c(F)c1. The van der Waals surface area contributed by atoms with E-state index in [0.717, 1.165) is 0 Å². The highest BCUT2D eigenvalue weighted by atomic mass is 35.5. The molecule has 0 saturated heterocycles. The van der Waals surface area contributed by atoms with Crippen molar-refractivity contribution in [3.8, 4) is 0 Å². The molecule has 0 aliphatic heterocycles. The Bertz CT molecular complexity index is 281. The van der Waals surface area contributed by atoms with Gasteiger partial charge in [0.15, 0.2) is 0 Å². The molecule has 0 aliphatic rings. The first-order chi connectivity index (χ1) is 5.59. The molecule has 2 nitrogen and oxygen atoms in total. The Kier molecular flexibility index (Phi) is 5.25. The zero-order chi connectivity index (χ0) is 9.14. The van der Waals surface area contributed by atoms with Crippen LogP contribution in [0.15, 0.2) is 18.2 Å². The molecule has 0 saturated carbocycles. The fraction of sp³-hybridized carbons (Fsp3) is 0.250. The van der Waals surface area contributed by atoms with E-state index in [1.165, 1.54) is 12.1 Å². The third-order valence-electron chi connectivity index (χ3n) is 1.43. The van der Waals surface area contributed by atoms with E-state index < -0.39 is 12.0 Å². The van der Waals surface area contributed by atoms with Gasteiger partial charge in [-0.25, -0.2) is 4.39 Å². The predicted octanol–water partition coefficient (Wildman–Crippen LogP) is 1.72. The van der Waals surface area contributed by atoms with Crippen molar-refractivity contribution in [3.63, 3.8) is 0 Å². The van der Waals surface area contributed by atoms with Gasteiger partial charge in [0.25, 0.3) is 0 Å². The lowest BCUT2D eigenvalue weighted by atomic mass is 10.1. The molecule has 1 unspecified atom stereocenters. The van der Waals surface area contributed by atoms with Gasteiger partial charge in [-0.05, 0) is 17.7 Å². The van der Waals surface area contributed by atoms with Crippen molar-refractivity contribution < 1.29 is 9.50 Å². The van der Waals surface area contributed by atoms with E-state index in [0.29, 0.717) is 5.56 Å². The van der Waals surface area contributed by atoms with Gasteiger partial charge in [0.1, 0.15) is 12.0 Å². The van der Waals surface area contributed by atoms with Gasteiger partial charge >= 0.3 is 0 Å². The van der Waals surface area contributed by atoms with Crippen LogP contribution >= 0.6 is 24.0 Å². The first-order valence-corrected chi connectivity index (χ1v) is 3.85. The minimum Gasteiger partial charge on any atom is -0.378 e. The van der Waals surface area contributed by atoms with Crippen LogP contribution in [0.3, 0.4) is 0 Å². The van der Waals surface area contributed by atoms with Gasteiger partial charge in [0.2, 0.25) is 0 Å². The zero-order valence-corrected chi connectivity index (χ0v) is 8.28. The van der Waals surface area contributed by atoms with Gasteiger partial charge in [-0.2, -0.15) is 0 Å². The van der Waals surface area contributed by atoms with Gasteiger partial charge in [0.05, 0.1) is 5.02 Å². The molecule has 0 radical (unpaired) electrons. The summed E-state index contributed by atoms with van der Waals surface area (Å²) in [6.07, 6.45) is -0.723. The summed E-state index contributed by atoms with van der Waals surface area (Å²) >= 11 is 5.45. The summed E-state index contributed by atoms with van der Waals surface area (Å²) in [5.41, 5.74) is 5.74. The smallest absolute Gasteiger partial charge is 0.142 e. The van der Waals surface area contributed by atoms with E-state index in [-0.39, 0.29) is 23.9 Å². The highest BCUT2D eigenvalue weighted by Crippen LogP contribution is 2.15. The average molecular weight is 226 g/mol. The van der Waals surface area contributed by atoms with Crippen LogP contribution in [0.1, 0.15) is 5.56 Å². The molecular formula is C8H10Cl2FNO. The molecule has 0 aromatic heterocycles. The largest absolute Gasteiger partial charge is 0.378 e. The Balaban J connectivity index is 0.00000144. The van der Waals surface area contributed by atoms with Gasteiger partial charge in [-0.1, -0.05) is 17.7 Å². The molecular weight excluding hydrogens is 216 g/mol. The van der Waals surface area contributed by atoms with E-state index in [9.17, 15) is 4.39 Å². The Hall–Kier alpha value is -0.350. The summed E-state index contributed by atoms with van der Waals surface area (Å²) in [4.78, 5) is 0. The van der Waals surface area contributed by atoms with Crippen molar-refractivity contribution in [3.05, 3.63) is 34.6 Å². The highest BCUT2D eigenvalue weighted by Gasteiger charge is 2.03. The second kappa shape index (κ2) is 5.40. The lowest BCUT2D eigenvalue weighted by molar-refractivity contribution is 0.183. The van der Waals surface area contributed by atoms with Crippen LogP contribution in [0.5, 0.6) is 0 Å². The number of aliphatic hydroxyl groups is 1. The zero-order valence-electron chi connectivity index (χ0n) is 6.71. The molecule has 3 N–H and O–H groups in total. The second-order valence-electron chi connectivity index (χ2n) is 2.52. The molecule has 0 spiro atoms. The second-order valence-corrected chi connectivity index (χ2v) is 2.93. The summed E-state index contributed by atoms with van der Waals surface area (Å²) < 4.78 is 12.8. The third-order valence-corrected chi connectivity index (χ3v) is 1.74. The number of aliphatic hydroxyl groups excluding tert-OH is 1. The van der Waals surface area contributed by atoms with Crippen molar-refractivity contribution in [2.45, 2.75) is 12.6 Å². The molecule has 1 aromatic carbocycles. The van der Waals surface area contributed by atoms with Gasteiger partial charge in [0, 0.05) is 6.42 Å². The molecule has 1 atom stereocenters. The van der Waals surface area contributed by atoms with E-state index in [4.69, 9.17) is 22.4 Å². The maximum Gasteiger partial charge on any atom is 0.142 e. The maximum atomic E-state index is 12.8. The number of nitrogens with two attached hydrogens (primary N) is 1. The van der Waals surface area contributed by atoms with Crippen LogP contribution < -0.4 is 5.73 Å². The molecule has 0 amide bonds. The van der Waals surface area contributed by atoms with E-state index in [2.05, 4.69) is 0 Å². The fourth-order valence-electron chi connectivity index (χ4n) is 0.908. The molecule has 0 aliphatic carbocycles. The Morgan fingerprint density at radius 3 is 2.62 bits per heavy atom. The van der Waals surface area contributed by atoms with Crippen molar-refractivity contribution in [1.82, 2.24) is 0 Å². The standard InChI is InChI=1S/C8H9ClFNO.ClH/c9-6-2-1-5(3-7(6)10)4-8(11)12;/h1-3,8,12H,4,11H2;1H. The molecule has 1 aromatic rings. The first-order valence-electron chi connectivity index (χ1n) is 3.47. The molecule has 0 fully saturated rings. The Morgan fingerprint density at radius 1 is 1.54 bits per heavy atom. The number of hydrogen-bond acceptors (Lipinski definition) is 2. The fourth-order valence-corrected chi connectivity index (χ4v) is 1.03. The van der Waals surface area contributed by atoms with E-state index >= 15 is 0 Å². The Morgan fingerprint density at radius 2 is 2.15 bits per heavy atom. The summed E-state index contributed by atoms with van der Waals surface area (Å²) in [5.74, 6) is -0.491. The molecule has 0 heterocycles. The summed E-state index contributed by atoms with van der Waals surface area (Å²) in [6.45, 7) is 0. The van der Waals surface area contributed by atoms with Crippen LogP contribution in [-0.4, -0.2) is 11.3 Å². The minimum atomic E-state index is -0.953. The number of rotatable bonds is 2. The molecule has 74 valence electrons. The monoisotopic (exact) mass is 225 g/mol. The maximum absolute atomic E-state index is 12.8. The van der Waals surface area contributed by atoms with Crippen LogP contribution in [0.25, 0.3) is 0 Å². The molecule has 13 heavy (non-hydrogen) atoms. The van der Waals surface area contributed by atoms with Gasteiger partial charge < -0.3 is 10.8 Å². The lowest BCUT2D eigenvalue weighted by Crippen LogP contribution is -2.21. The van der Waals surface area contributed by atoms with Crippen molar-refractivity contribution >= 4 is 24.0 Å². The average Bonchev–Trinajstić information content (AvgIpc) is 1.96.